The van der Waals surface area contributed by atoms with E-state index in [1.54, 1.807) is 6.92 Å². The Morgan fingerprint density at radius 3 is 2.86 bits per heavy atom. The van der Waals surface area contributed by atoms with Gasteiger partial charge < -0.3 is 4.74 Å². The molecule has 0 amide bonds. The summed E-state index contributed by atoms with van der Waals surface area (Å²) in [5, 5.41) is 4.08. The first kappa shape index (κ1) is 15.2. The van der Waals surface area contributed by atoms with Crippen molar-refractivity contribution in [1.82, 2.24) is 5.43 Å². The van der Waals surface area contributed by atoms with Crippen LogP contribution < -0.4 is 5.43 Å². The Balaban J connectivity index is 2.07. The number of rotatable bonds is 5. The number of ether oxygens (including phenoxy) is 1. The van der Waals surface area contributed by atoms with Crippen LogP contribution in [0, 0.1) is 0 Å². The van der Waals surface area contributed by atoms with Crippen LogP contribution in [0.3, 0.4) is 0 Å². The topological polar surface area (TPSA) is 67.8 Å². The van der Waals surface area contributed by atoms with Crippen molar-refractivity contribution in [2.75, 3.05) is 6.61 Å². The number of benzene rings is 1. The van der Waals surface area contributed by atoms with Gasteiger partial charge in [-0.3, -0.25) is 10.2 Å². The van der Waals surface area contributed by atoms with Crippen molar-refractivity contribution in [2.45, 2.75) is 39.2 Å². The average Bonchev–Trinajstić information content (AvgIpc) is 2.50. The molecule has 1 unspecified atom stereocenters. The second-order valence-electron chi connectivity index (χ2n) is 4.87. The number of aryl methyl sites for hydroxylation is 1. The van der Waals surface area contributed by atoms with Gasteiger partial charge in [0.05, 0.1) is 6.61 Å². The number of ketones is 1. The van der Waals surface area contributed by atoms with Gasteiger partial charge in [0.2, 0.25) is 0 Å². The fourth-order valence-electron chi connectivity index (χ4n) is 2.36. The van der Waals surface area contributed by atoms with Gasteiger partial charge in [-0.05, 0) is 31.7 Å². The molecule has 0 saturated carbocycles. The molecule has 0 aromatic heterocycles. The van der Waals surface area contributed by atoms with Gasteiger partial charge in [0.25, 0.3) is 0 Å². The first-order chi connectivity index (χ1) is 10.2. The standard InChI is InChI=1S/C16H20N2O3/c1-3-13(16(20)21-4-2)17-18-14-10-9-11-7-5-6-8-12(11)15(14)19/h5-8,14,18H,3-4,9-10H2,1-2H3/b17-13+. The molecule has 0 spiro atoms. The zero-order chi connectivity index (χ0) is 15.2. The van der Waals surface area contributed by atoms with Crippen molar-refractivity contribution in [3.05, 3.63) is 35.4 Å². The molecular formula is C16H20N2O3. The van der Waals surface area contributed by atoms with Gasteiger partial charge in [-0.15, -0.1) is 0 Å². The van der Waals surface area contributed by atoms with E-state index in [4.69, 9.17) is 4.74 Å². The zero-order valence-corrected chi connectivity index (χ0v) is 12.4. The zero-order valence-electron chi connectivity index (χ0n) is 12.4. The van der Waals surface area contributed by atoms with Crippen molar-refractivity contribution in [2.24, 2.45) is 5.10 Å². The number of hydrazone groups is 1. The molecule has 0 aliphatic heterocycles. The van der Waals surface area contributed by atoms with Crippen LogP contribution >= 0.6 is 0 Å². The van der Waals surface area contributed by atoms with E-state index in [0.29, 0.717) is 25.2 Å². The number of Topliss-reactive ketones (excluding diaryl/α,β-unsaturated/α-hetero) is 1. The summed E-state index contributed by atoms with van der Waals surface area (Å²) in [6.07, 6.45) is 1.97. The number of carbonyl (C=O) groups excluding carboxylic acids is 2. The van der Waals surface area contributed by atoms with Crippen LogP contribution in [0.1, 0.15) is 42.6 Å². The maximum absolute atomic E-state index is 12.4. The van der Waals surface area contributed by atoms with E-state index in [-0.39, 0.29) is 11.8 Å². The van der Waals surface area contributed by atoms with Gasteiger partial charge in [0.15, 0.2) is 5.78 Å². The number of nitrogens with one attached hydrogen (secondary N) is 1. The molecule has 5 nitrogen and oxygen atoms in total. The van der Waals surface area contributed by atoms with E-state index in [2.05, 4.69) is 10.5 Å². The number of hydrogen-bond acceptors (Lipinski definition) is 5. The van der Waals surface area contributed by atoms with Crippen LogP contribution in [0.5, 0.6) is 0 Å². The first-order valence-electron chi connectivity index (χ1n) is 7.28. The highest BCUT2D eigenvalue weighted by Crippen LogP contribution is 2.21. The first-order valence-corrected chi connectivity index (χ1v) is 7.28. The summed E-state index contributed by atoms with van der Waals surface area (Å²) in [6.45, 7) is 3.89. The van der Waals surface area contributed by atoms with E-state index in [0.717, 1.165) is 17.5 Å². The number of fused-ring (bicyclic) bond motifs is 1. The minimum atomic E-state index is -0.434. The molecule has 5 heteroatoms. The van der Waals surface area contributed by atoms with Crippen molar-refractivity contribution < 1.29 is 14.3 Å². The quantitative estimate of drug-likeness (QED) is 0.512. The second-order valence-corrected chi connectivity index (χ2v) is 4.87. The number of hydrogen-bond donors (Lipinski definition) is 1. The molecule has 2 rings (SSSR count). The Kier molecular flexibility index (Phi) is 5.09. The number of carbonyl (C=O) groups is 2. The van der Waals surface area contributed by atoms with Gasteiger partial charge in [0, 0.05) is 5.56 Å². The molecule has 1 aliphatic carbocycles. The maximum atomic E-state index is 12.4. The van der Waals surface area contributed by atoms with Gasteiger partial charge in [-0.1, -0.05) is 31.2 Å². The summed E-state index contributed by atoms with van der Waals surface area (Å²) in [6, 6.07) is 7.23. The van der Waals surface area contributed by atoms with Gasteiger partial charge in [0.1, 0.15) is 11.8 Å². The van der Waals surface area contributed by atoms with E-state index < -0.39 is 5.97 Å². The SMILES string of the molecule is CCOC(=O)/C(CC)=N/NC1CCc2ccccc2C1=O. The molecule has 112 valence electrons. The predicted molar refractivity (Wildman–Crippen MR) is 80.4 cm³/mol. The van der Waals surface area contributed by atoms with Gasteiger partial charge in [-0.25, -0.2) is 4.79 Å². The lowest BCUT2D eigenvalue weighted by Gasteiger charge is -2.23. The Bertz CT molecular complexity index is 566. The normalized spacial score (nSPS) is 18.1. The molecule has 0 radical (unpaired) electrons. The molecule has 0 fully saturated rings. The lowest BCUT2D eigenvalue weighted by molar-refractivity contribution is -0.135. The molecule has 1 N–H and O–H groups in total. The minimum absolute atomic E-state index is 0.0277. The van der Waals surface area contributed by atoms with Crippen molar-refractivity contribution in [3.63, 3.8) is 0 Å². The van der Waals surface area contributed by atoms with Crippen LogP contribution in [0.25, 0.3) is 0 Å². The summed E-state index contributed by atoms with van der Waals surface area (Å²) in [7, 11) is 0. The largest absolute Gasteiger partial charge is 0.461 e. The van der Waals surface area contributed by atoms with Crippen molar-refractivity contribution in [1.29, 1.82) is 0 Å². The highest BCUT2D eigenvalue weighted by Gasteiger charge is 2.27. The number of nitrogens with zero attached hydrogens (tertiary/aromatic N) is 1. The predicted octanol–water partition coefficient (Wildman–Crippen LogP) is 2.10. The van der Waals surface area contributed by atoms with Gasteiger partial charge >= 0.3 is 5.97 Å². The van der Waals surface area contributed by atoms with Crippen LogP contribution in [0.15, 0.2) is 29.4 Å². The summed E-state index contributed by atoms with van der Waals surface area (Å²) in [4.78, 5) is 24.0. The summed E-state index contributed by atoms with van der Waals surface area (Å²) >= 11 is 0. The fourth-order valence-corrected chi connectivity index (χ4v) is 2.36. The van der Waals surface area contributed by atoms with Crippen molar-refractivity contribution in [3.8, 4) is 0 Å². The smallest absolute Gasteiger partial charge is 0.354 e. The summed E-state index contributed by atoms with van der Waals surface area (Å²) in [5.41, 5.74) is 4.96. The second kappa shape index (κ2) is 7.02. The Hall–Kier alpha value is -2.17. The molecule has 0 heterocycles. The summed E-state index contributed by atoms with van der Waals surface area (Å²) in [5.74, 6) is -0.406. The van der Waals surface area contributed by atoms with E-state index >= 15 is 0 Å². The van der Waals surface area contributed by atoms with E-state index in [1.807, 2.05) is 31.2 Å². The molecule has 21 heavy (non-hydrogen) atoms. The lowest BCUT2D eigenvalue weighted by Crippen LogP contribution is -2.38. The maximum Gasteiger partial charge on any atom is 0.354 e. The molecule has 1 aliphatic rings. The highest BCUT2D eigenvalue weighted by atomic mass is 16.5. The number of esters is 1. The van der Waals surface area contributed by atoms with Crippen LogP contribution in [-0.2, 0) is 16.0 Å². The molecule has 1 atom stereocenters. The third kappa shape index (κ3) is 3.48. The van der Waals surface area contributed by atoms with Crippen LogP contribution in [0.2, 0.25) is 0 Å². The third-order valence-corrected chi connectivity index (χ3v) is 3.50. The van der Waals surface area contributed by atoms with Crippen LogP contribution in [-0.4, -0.2) is 30.1 Å². The fraction of sp³-hybridized carbons (Fsp3) is 0.438. The van der Waals surface area contributed by atoms with Crippen molar-refractivity contribution >= 4 is 17.5 Å². The van der Waals surface area contributed by atoms with Gasteiger partial charge in [-0.2, -0.15) is 5.10 Å². The Morgan fingerprint density at radius 1 is 1.38 bits per heavy atom. The van der Waals surface area contributed by atoms with E-state index in [1.165, 1.54) is 0 Å². The van der Waals surface area contributed by atoms with E-state index in [9.17, 15) is 9.59 Å². The molecule has 0 saturated heterocycles. The molecular weight excluding hydrogens is 268 g/mol. The highest BCUT2D eigenvalue weighted by molar-refractivity contribution is 6.36. The molecule has 1 aromatic rings. The minimum Gasteiger partial charge on any atom is -0.461 e. The summed E-state index contributed by atoms with van der Waals surface area (Å²) < 4.78 is 4.92. The molecule has 0 bridgehead atoms. The Morgan fingerprint density at radius 2 is 2.14 bits per heavy atom. The Labute approximate surface area is 124 Å². The van der Waals surface area contributed by atoms with Crippen LogP contribution in [0.4, 0.5) is 0 Å². The third-order valence-electron chi connectivity index (χ3n) is 3.50. The lowest BCUT2D eigenvalue weighted by atomic mass is 9.87. The molecule has 1 aromatic carbocycles. The monoisotopic (exact) mass is 288 g/mol. The average molecular weight is 288 g/mol.